The Morgan fingerprint density at radius 3 is 2.07 bits per heavy atom. The minimum atomic E-state index is -2.30. The van der Waals surface area contributed by atoms with Gasteiger partial charge < -0.3 is 10.1 Å². The molecule has 0 saturated heterocycles. The fourth-order valence-corrected chi connectivity index (χ4v) is 0.845. The van der Waals surface area contributed by atoms with Crippen LogP contribution in [0.2, 0.25) is 0 Å². The van der Waals surface area contributed by atoms with Crippen molar-refractivity contribution in [2.45, 2.75) is 6.17 Å². The largest absolute Gasteiger partial charge is 0.496 e. The molecule has 1 heterocycles. The van der Waals surface area contributed by atoms with Gasteiger partial charge in [-0.05, 0) is 4.92 Å². The Kier molecular flexibility index (Phi) is 2.55. The lowest BCUT2D eigenvalue weighted by atomic mass is 10.3. The third-order valence-electron chi connectivity index (χ3n) is 1.44. The summed E-state index contributed by atoms with van der Waals surface area (Å²) in [6.45, 7) is 0. The van der Waals surface area contributed by atoms with E-state index < -0.39 is 32.4 Å². The van der Waals surface area contributed by atoms with Gasteiger partial charge in [-0.2, -0.15) is 0 Å². The first-order valence-corrected chi connectivity index (χ1v) is 3.40. The van der Waals surface area contributed by atoms with Crippen molar-refractivity contribution >= 4 is 5.82 Å². The number of H-pyrrole nitrogens is 1. The fraction of sp³-hybridized carbons (Fsp3) is 0.250. The maximum atomic E-state index is 10.3. The van der Waals surface area contributed by atoms with Gasteiger partial charge in [-0.3, -0.25) is 20.2 Å². The van der Waals surface area contributed by atoms with Crippen molar-refractivity contribution in [1.82, 2.24) is 10.2 Å². The molecule has 1 N–H and O–H groups in total. The van der Waals surface area contributed by atoms with Crippen LogP contribution in [0.3, 0.4) is 0 Å². The minimum Gasteiger partial charge on any atom is -0.358 e. The average molecular weight is 217 g/mol. The Bertz CT molecular complexity index is 411. The van der Waals surface area contributed by atoms with Crippen molar-refractivity contribution in [1.29, 1.82) is 0 Å². The SMILES string of the molecule is O=[N+]([O-])c1cc(C([N+](=O)[O-])[N+](=O)[O-])n[nH]1. The van der Waals surface area contributed by atoms with Crippen LogP contribution >= 0.6 is 0 Å². The van der Waals surface area contributed by atoms with Crippen LogP contribution in [-0.4, -0.2) is 25.0 Å². The van der Waals surface area contributed by atoms with Gasteiger partial charge >= 0.3 is 12.0 Å². The maximum Gasteiger partial charge on any atom is 0.496 e. The van der Waals surface area contributed by atoms with Gasteiger partial charge in [0, 0.05) is 0 Å². The van der Waals surface area contributed by atoms with Gasteiger partial charge in [0.05, 0.1) is 6.07 Å². The molecule has 1 aromatic rings. The minimum absolute atomic E-state index is 0.614. The Morgan fingerprint density at radius 1 is 1.20 bits per heavy atom. The van der Waals surface area contributed by atoms with Crippen molar-refractivity contribution in [3.8, 4) is 0 Å². The van der Waals surface area contributed by atoms with E-state index in [0.717, 1.165) is 0 Å². The van der Waals surface area contributed by atoms with E-state index in [-0.39, 0.29) is 0 Å². The quantitative estimate of drug-likeness (QED) is 0.417. The average Bonchev–Trinajstić information content (AvgIpc) is 2.51. The normalized spacial score (nSPS) is 10.2. The van der Waals surface area contributed by atoms with Gasteiger partial charge in [-0.1, -0.05) is 5.10 Å². The summed E-state index contributed by atoms with van der Waals surface area (Å²) in [5, 5.41) is 35.7. The summed E-state index contributed by atoms with van der Waals surface area (Å²) < 4.78 is 0. The molecular formula is C4H3N5O6. The number of rotatable bonds is 4. The highest BCUT2D eigenvalue weighted by atomic mass is 16.7. The molecule has 15 heavy (non-hydrogen) atoms. The predicted molar refractivity (Wildman–Crippen MR) is 42.0 cm³/mol. The second-order valence-electron chi connectivity index (χ2n) is 2.38. The molecule has 80 valence electrons. The summed E-state index contributed by atoms with van der Waals surface area (Å²) in [5.41, 5.74) is -0.614. The van der Waals surface area contributed by atoms with Crippen molar-refractivity contribution < 1.29 is 14.8 Å². The van der Waals surface area contributed by atoms with Gasteiger partial charge in [0.1, 0.15) is 9.85 Å². The second-order valence-corrected chi connectivity index (χ2v) is 2.38. The summed E-state index contributed by atoms with van der Waals surface area (Å²) in [6, 6.07) is 0.649. The maximum absolute atomic E-state index is 10.3. The van der Waals surface area contributed by atoms with Crippen LogP contribution in [0.15, 0.2) is 6.07 Å². The Morgan fingerprint density at radius 2 is 1.73 bits per heavy atom. The predicted octanol–water partition coefficient (Wildman–Crippen LogP) is -0.130. The van der Waals surface area contributed by atoms with E-state index in [2.05, 4.69) is 5.10 Å². The van der Waals surface area contributed by atoms with E-state index in [4.69, 9.17) is 0 Å². The standard InChI is InChI=1S/C4H3N5O6/c10-7(11)3-1-2(5-6-3)4(8(12)13)9(14)15/h1,4H,(H,5,6). The van der Waals surface area contributed by atoms with Crippen LogP contribution in [0, 0.1) is 30.3 Å². The van der Waals surface area contributed by atoms with E-state index in [1.54, 1.807) is 0 Å². The molecular weight excluding hydrogens is 214 g/mol. The molecule has 0 aromatic carbocycles. The molecule has 0 spiro atoms. The van der Waals surface area contributed by atoms with Gasteiger partial charge in [0.15, 0.2) is 0 Å². The number of nitrogens with zero attached hydrogens (tertiary/aromatic N) is 4. The van der Waals surface area contributed by atoms with Gasteiger partial charge in [0.2, 0.25) is 5.69 Å². The molecule has 0 aliphatic heterocycles. The summed E-state index contributed by atoms with van der Waals surface area (Å²) in [4.78, 5) is 27.4. The van der Waals surface area contributed by atoms with Gasteiger partial charge in [-0.15, -0.1) is 5.10 Å². The zero-order valence-corrected chi connectivity index (χ0v) is 6.89. The molecule has 11 nitrogen and oxygen atoms in total. The van der Waals surface area contributed by atoms with Crippen molar-refractivity contribution in [3.05, 3.63) is 42.1 Å². The zero-order chi connectivity index (χ0) is 11.6. The number of hydrogen-bond acceptors (Lipinski definition) is 7. The molecule has 0 bridgehead atoms. The smallest absolute Gasteiger partial charge is 0.358 e. The molecule has 0 fully saturated rings. The molecule has 0 aliphatic carbocycles. The van der Waals surface area contributed by atoms with Crippen LogP contribution < -0.4 is 0 Å². The number of aromatic nitrogens is 2. The Balaban J connectivity index is 3.07. The van der Waals surface area contributed by atoms with Crippen LogP contribution in [0.4, 0.5) is 5.82 Å². The molecule has 0 amide bonds. The van der Waals surface area contributed by atoms with Crippen molar-refractivity contribution in [2.75, 3.05) is 0 Å². The number of hydrogen-bond donors (Lipinski definition) is 1. The van der Waals surface area contributed by atoms with E-state index in [0.29, 0.717) is 6.07 Å². The highest BCUT2D eigenvalue weighted by Crippen LogP contribution is 2.18. The molecule has 0 radical (unpaired) electrons. The number of aromatic amines is 1. The molecule has 0 saturated carbocycles. The first-order chi connectivity index (χ1) is 6.93. The van der Waals surface area contributed by atoms with Crippen LogP contribution in [-0.2, 0) is 0 Å². The van der Waals surface area contributed by atoms with Gasteiger partial charge in [-0.25, -0.2) is 0 Å². The number of nitro groups is 3. The lowest BCUT2D eigenvalue weighted by molar-refractivity contribution is -0.753. The summed E-state index contributed by atoms with van der Waals surface area (Å²) >= 11 is 0. The van der Waals surface area contributed by atoms with Crippen molar-refractivity contribution in [3.63, 3.8) is 0 Å². The highest BCUT2D eigenvalue weighted by molar-refractivity contribution is 5.20. The first kappa shape index (κ1) is 10.5. The van der Waals surface area contributed by atoms with Crippen LogP contribution in [0.25, 0.3) is 0 Å². The van der Waals surface area contributed by atoms with Crippen molar-refractivity contribution in [2.24, 2.45) is 0 Å². The number of nitrogens with one attached hydrogen (secondary N) is 1. The lowest BCUT2D eigenvalue weighted by Crippen LogP contribution is -2.19. The third-order valence-corrected chi connectivity index (χ3v) is 1.44. The van der Waals surface area contributed by atoms with E-state index in [1.165, 1.54) is 0 Å². The van der Waals surface area contributed by atoms with Crippen LogP contribution in [0.1, 0.15) is 11.9 Å². The molecule has 11 heteroatoms. The zero-order valence-electron chi connectivity index (χ0n) is 6.89. The summed E-state index contributed by atoms with van der Waals surface area (Å²) in [5.74, 6) is -0.640. The Hall–Kier alpha value is -2.59. The van der Waals surface area contributed by atoms with Gasteiger partial charge in [0.25, 0.3) is 0 Å². The molecule has 0 atom stereocenters. The fourth-order valence-electron chi connectivity index (χ4n) is 0.845. The Labute approximate surface area is 80.2 Å². The molecule has 1 aromatic heterocycles. The topological polar surface area (TPSA) is 158 Å². The summed E-state index contributed by atoms with van der Waals surface area (Å²) in [6.07, 6.45) is -2.30. The van der Waals surface area contributed by atoms with E-state index >= 15 is 0 Å². The molecule has 1 rings (SSSR count). The first-order valence-electron chi connectivity index (χ1n) is 3.40. The lowest BCUT2D eigenvalue weighted by Gasteiger charge is -1.95. The highest BCUT2D eigenvalue weighted by Gasteiger charge is 2.39. The van der Waals surface area contributed by atoms with E-state index in [9.17, 15) is 30.3 Å². The summed E-state index contributed by atoms with van der Waals surface area (Å²) in [7, 11) is 0. The van der Waals surface area contributed by atoms with Crippen LogP contribution in [0.5, 0.6) is 0 Å². The monoisotopic (exact) mass is 217 g/mol. The molecule has 0 aliphatic rings. The third kappa shape index (κ3) is 2.01. The molecule has 0 unspecified atom stereocenters. The second kappa shape index (κ2) is 3.65. The van der Waals surface area contributed by atoms with E-state index in [1.807, 2.05) is 5.10 Å².